The summed E-state index contributed by atoms with van der Waals surface area (Å²) in [5, 5.41) is 4.85. The molecule has 1 aliphatic rings. The molecule has 1 aromatic heterocycles. The second kappa shape index (κ2) is 5.69. The van der Waals surface area contributed by atoms with Gasteiger partial charge in [0.1, 0.15) is 0 Å². The lowest BCUT2D eigenvalue weighted by Gasteiger charge is -2.23. The van der Waals surface area contributed by atoms with Crippen LogP contribution >= 0.6 is 11.3 Å². The molecule has 0 saturated carbocycles. The van der Waals surface area contributed by atoms with Crippen LogP contribution in [0.1, 0.15) is 11.8 Å². The molecule has 3 rings (SSSR count). The van der Waals surface area contributed by atoms with Crippen LogP contribution in [-0.2, 0) is 16.0 Å². The average Bonchev–Trinajstić information content (AvgIpc) is 2.93. The van der Waals surface area contributed by atoms with Gasteiger partial charge in [0, 0.05) is 11.4 Å². The van der Waals surface area contributed by atoms with Gasteiger partial charge in [-0.05, 0) is 23.6 Å². The lowest BCUT2D eigenvalue weighted by molar-refractivity contribution is -0.119. The normalized spacial score (nSPS) is 17.9. The molecule has 0 bridgehead atoms. The Morgan fingerprint density at radius 2 is 2.14 bits per heavy atom. The molecule has 1 aromatic carbocycles. The van der Waals surface area contributed by atoms with Gasteiger partial charge in [-0.3, -0.25) is 9.59 Å². The van der Waals surface area contributed by atoms with Crippen LogP contribution in [0.4, 0.5) is 11.4 Å². The third kappa shape index (κ3) is 2.83. The van der Waals surface area contributed by atoms with Crippen LogP contribution in [0.15, 0.2) is 41.8 Å². The number of para-hydroxylation sites is 2. The van der Waals surface area contributed by atoms with Crippen molar-refractivity contribution in [1.29, 1.82) is 0 Å². The molecule has 1 aliphatic heterocycles. The molecule has 0 radical (unpaired) electrons. The van der Waals surface area contributed by atoms with E-state index in [1.54, 1.807) is 16.2 Å². The number of rotatable bonds is 2. The first-order valence-electron chi connectivity index (χ1n) is 6.88. The molecule has 0 spiro atoms. The maximum Gasteiger partial charge on any atom is 0.232 e. The van der Waals surface area contributed by atoms with Crippen molar-refractivity contribution in [1.82, 2.24) is 0 Å². The number of anilines is 2. The van der Waals surface area contributed by atoms with Gasteiger partial charge in [-0.2, -0.15) is 0 Å². The van der Waals surface area contributed by atoms with Crippen LogP contribution in [0, 0.1) is 5.92 Å². The second-order valence-corrected chi connectivity index (χ2v) is 6.20. The Bertz CT molecular complexity index is 667. The number of hydrogen-bond donors (Lipinski definition) is 1. The van der Waals surface area contributed by atoms with Crippen molar-refractivity contribution in [2.75, 3.05) is 16.8 Å². The summed E-state index contributed by atoms with van der Waals surface area (Å²) in [5.74, 6) is -0.258. The number of hydrogen-bond acceptors (Lipinski definition) is 3. The highest BCUT2D eigenvalue weighted by atomic mass is 32.1. The number of nitrogens with one attached hydrogen (secondary N) is 1. The zero-order chi connectivity index (χ0) is 14.8. The summed E-state index contributed by atoms with van der Waals surface area (Å²) >= 11 is 1.57. The Morgan fingerprint density at radius 3 is 2.90 bits per heavy atom. The van der Waals surface area contributed by atoms with E-state index in [-0.39, 0.29) is 17.7 Å². The van der Waals surface area contributed by atoms with E-state index < -0.39 is 0 Å². The van der Waals surface area contributed by atoms with E-state index in [1.807, 2.05) is 48.7 Å². The van der Waals surface area contributed by atoms with Gasteiger partial charge in [-0.25, -0.2) is 0 Å². The number of nitrogens with zero attached hydrogens (tertiary/aromatic N) is 1. The van der Waals surface area contributed by atoms with Crippen LogP contribution in [-0.4, -0.2) is 18.4 Å². The summed E-state index contributed by atoms with van der Waals surface area (Å²) in [6.07, 6.45) is 0.368. The average molecular weight is 300 g/mol. The molecular formula is C16H16N2O2S. The molecule has 1 N–H and O–H groups in total. The fourth-order valence-corrected chi connectivity index (χ4v) is 3.12. The van der Waals surface area contributed by atoms with Gasteiger partial charge in [-0.1, -0.05) is 25.1 Å². The molecule has 0 aliphatic carbocycles. The van der Waals surface area contributed by atoms with Gasteiger partial charge < -0.3 is 10.2 Å². The number of carbonyl (C=O) groups is 2. The van der Waals surface area contributed by atoms with Crippen molar-refractivity contribution in [3.05, 3.63) is 46.7 Å². The highest BCUT2D eigenvalue weighted by Gasteiger charge is 2.28. The van der Waals surface area contributed by atoms with Crippen molar-refractivity contribution in [3.8, 4) is 0 Å². The second-order valence-electron chi connectivity index (χ2n) is 5.17. The minimum Gasteiger partial charge on any atom is -0.324 e. The molecular weight excluding hydrogens is 284 g/mol. The summed E-state index contributed by atoms with van der Waals surface area (Å²) in [7, 11) is 0. The quantitative estimate of drug-likeness (QED) is 0.927. The third-order valence-corrected chi connectivity index (χ3v) is 4.44. The molecule has 5 heteroatoms. The van der Waals surface area contributed by atoms with Gasteiger partial charge in [0.25, 0.3) is 0 Å². The van der Waals surface area contributed by atoms with Crippen molar-refractivity contribution in [2.45, 2.75) is 13.3 Å². The standard InChI is InChI=1S/C16H16N2O2S/c1-11-10-18(15(19)9-12-5-4-8-21-12)14-7-3-2-6-13(14)17-16(11)20/h2-8,11H,9-10H2,1H3,(H,17,20)/t11-/m1/s1. The largest absolute Gasteiger partial charge is 0.324 e. The monoisotopic (exact) mass is 300 g/mol. The van der Waals surface area contributed by atoms with E-state index >= 15 is 0 Å². The maximum absolute atomic E-state index is 12.6. The summed E-state index contributed by atoms with van der Waals surface area (Å²) in [4.78, 5) is 27.4. The SMILES string of the molecule is C[C@@H]1CN(C(=O)Cc2cccs2)c2ccccc2NC1=O. The van der Waals surface area contributed by atoms with Crippen LogP contribution in [0.2, 0.25) is 0 Å². The molecule has 2 aromatic rings. The predicted octanol–water partition coefficient (Wildman–Crippen LogP) is 2.91. The molecule has 108 valence electrons. The van der Waals surface area contributed by atoms with Crippen molar-refractivity contribution in [2.24, 2.45) is 5.92 Å². The maximum atomic E-state index is 12.6. The number of benzene rings is 1. The highest BCUT2D eigenvalue weighted by molar-refractivity contribution is 7.10. The lowest BCUT2D eigenvalue weighted by atomic mass is 10.1. The fraction of sp³-hybridized carbons (Fsp3) is 0.250. The summed E-state index contributed by atoms with van der Waals surface area (Å²) in [5.41, 5.74) is 1.48. The Hall–Kier alpha value is -2.14. The minimum atomic E-state index is -0.232. The van der Waals surface area contributed by atoms with E-state index in [4.69, 9.17) is 0 Å². The first kappa shape index (κ1) is 13.8. The van der Waals surface area contributed by atoms with Crippen molar-refractivity contribution < 1.29 is 9.59 Å². The number of amides is 2. The van der Waals surface area contributed by atoms with Crippen molar-refractivity contribution >= 4 is 34.5 Å². The highest BCUT2D eigenvalue weighted by Crippen LogP contribution is 2.30. The number of thiophene rings is 1. The van der Waals surface area contributed by atoms with Gasteiger partial charge in [0.2, 0.25) is 11.8 Å². The smallest absolute Gasteiger partial charge is 0.232 e. The van der Waals surface area contributed by atoms with Crippen LogP contribution < -0.4 is 10.2 Å². The van der Waals surface area contributed by atoms with Gasteiger partial charge >= 0.3 is 0 Å². The minimum absolute atomic E-state index is 0.0215. The summed E-state index contributed by atoms with van der Waals surface area (Å²) < 4.78 is 0. The zero-order valence-electron chi connectivity index (χ0n) is 11.7. The van der Waals surface area contributed by atoms with Crippen molar-refractivity contribution in [3.63, 3.8) is 0 Å². The fourth-order valence-electron chi connectivity index (χ4n) is 2.42. The molecule has 0 fully saturated rings. The van der Waals surface area contributed by atoms with E-state index in [0.29, 0.717) is 18.7 Å². The third-order valence-electron chi connectivity index (χ3n) is 3.56. The molecule has 4 nitrogen and oxygen atoms in total. The lowest BCUT2D eigenvalue weighted by Crippen LogP contribution is -2.36. The molecule has 0 unspecified atom stereocenters. The Kier molecular flexibility index (Phi) is 3.75. The summed E-state index contributed by atoms with van der Waals surface area (Å²) in [6, 6.07) is 11.3. The molecule has 2 amide bonds. The molecule has 2 heterocycles. The first-order chi connectivity index (χ1) is 10.1. The molecule has 1 atom stereocenters. The number of fused-ring (bicyclic) bond motifs is 1. The van der Waals surface area contributed by atoms with Crippen LogP contribution in [0.25, 0.3) is 0 Å². The first-order valence-corrected chi connectivity index (χ1v) is 7.76. The van der Waals surface area contributed by atoms with E-state index in [1.165, 1.54) is 0 Å². The predicted molar refractivity (Wildman–Crippen MR) is 84.6 cm³/mol. The van der Waals surface area contributed by atoms with Gasteiger partial charge in [0.15, 0.2) is 0 Å². The Balaban J connectivity index is 1.92. The summed E-state index contributed by atoms with van der Waals surface area (Å²) in [6.45, 7) is 2.25. The molecule has 21 heavy (non-hydrogen) atoms. The van der Waals surface area contributed by atoms with Gasteiger partial charge in [0.05, 0.1) is 23.7 Å². The van der Waals surface area contributed by atoms with E-state index in [9.17, 15) is 9.59 Å². The van der Waals surface area contributed by atoms with Crippen LogP contribution in [0.3, 0.4) is 0 Å². The Labute approximate surface area is 127 Å². The zero-order valence-corrected chi connectivity index (χ0v) is 12.5. The Morgan fingerprint density at radius 1 is 1.33 bits per heavy atom. The number of carbonyl (C=O) groups excluding carboxylic acids is 2. The van der Waals surface area contributed by atoms with Crippen LogP contribution in [0.5, 0.6) is 0 Å². The topological polar surface area (TPSA) is 49.4 Å². The molecule has 0 saturated heterocycles. The van der Waals surface area contributed by atoms with E-state index in [2.05, 4.69) is 5.32 Å². The van der Waals surface area contributed by atoms with E-state index in [0.717, 1.165) is 10.6 Å². The van der Waals surface area contributed by atoms with Gasteiger partial charge in [-0.15, -0.1) is 11.3 Å².